The van der Waals surface area contributed by atoms with Crippen molar-refractivity contribution in [2.75, 3.05) is 33.3 Å². The van der Waals surface area contributed by atoms with E-state index in [1.54, 1.807) is 13.2 Å². The Morgan fingerprint density at radius 3 is 2.62 bits per heavy atom. The van der Waals surface area contributed by atoms with Gasteiger partial charge in [0.15, 0.2) is 0 Å². The van der Waals surface area contributed by atoms with Crippen LogP contribution in [0, 0.1) is 0 Å². The first kappa shape index (κ1) is 16.8. The lowest BCUT2D eigenvalue weighted by molar-refractivity contribution is -0.917. The molecule has 3 rings (SSSR count). The summed E-state index contributed by atoms with van der Waals surface area (Å²) in [5.74, 6) is 0.787. The molecule has 1 N–H and O–H groups in total. The summed E-state index contributed by atoms with van der Waals surface area (Å²) in [6, 6.07) is 15.3. The number of ether oxygens (including phenoxy) is 1. The molecule has 1 aliphatic rings. The number of carbonyl (C=O) groups excluding carboxylic acids is 1. The molecule has 1 amide bonds. The van der Waals surface area contributed by atoms with Crippen LogP contribution in [0.4, 0.5) is 0 Å². The molecule has 0 aliphatic carbocycles. The summed E-state index contributed by atoms with van der Waals surface area (Å²) in [5, 5.41) is 0.819. The zero-order valence-electron chi connectivity index (χ0n) is 13.8. The summed E-state index contributed by atoms with van der Waals surface area (Å²) in [6.07, 6.45) is 0. The highest BCUT2D eigenvalue weighted by molar-refractivity contribution is 6.31. The molecule has 0 atom stereocenters. The molecule has 1 saturated heterocycles. The largest absolute Gasteiger partial charge is 0.497 e. The highest BCUT2D eigenvalue weighted by Crippen LogP contribution is 2.15. The zero-order valence-corrected chi connectivity index (χ0v) is 14.6. The van der Waals surface area contributed by atoms with Gasteiger partial charge in [-0.15, -0.1) is 0 Å². The van der Waals surface area contributed by atoms with Gasteiger partial charge < -0.3 is 14.5 Å². The molecule has 24 heavy (non-hydrogen) atoms. The van der Waals surface area contributed by atoms with E-state index in [9.17, 15) is 4.79 Å². The van der Waals surface area contributed by atoms with Crippen molar-refractivity contribution in [3.8, 4) is 5.75 Å². The van der Waals surface area contributed by atoms with Crippen LogP contribution in [0.2, 0.25) is 5.02 Å². The minimum Gasteiger partial charge on any atom is -0.497 e. The molecule has 0 spiro atoms. The average molecular weight is 346 g/mol. The molecule has 2 aromatic carbocycles. The van der Waals surface area contributed by atoms with Crippen molar-refractivity contribution >= 4 is 17.5 Å². The van der Waals surface area contributed by atoms with Gasteiger partial charge in [-0.05, 0) is 24.3 Å². The SMILES string of the molecule is COc1cccc(C(=O)N2CC[NH+](Cc3ccccc3Cl)CC2)c1. The number of rotatable bonds is 4. The minimum atomic E-state index is 0.0747. The lowest BCUT2D eigenvalue weighted by atomic mass is 10.1. The van der Waals surface area contributed by atoms with Crippen LogP contribution >= 0.6 is 11.6 Å². The molecule has 126 valence electrons. The van der Waals surface area contributed by atoms with Crippen LogP contribution in [0.25, 0.3) is 0 Å². The van der Waals surface area contributed by atoms with E-state index >= 15 is 0 Å². The molecule has 0 bridgehead atoms. The second-order valence-corrected chi connectivity index (χ2v) is 6.45. The van der Waals surface area contributed by atoms with Gasteiger partial charge in [-0.1, -0.05) is 35.9 Å². The fraction of sp³-hybridized carbons (Fsp3) is 0.316. The number of hydrogen-bond donors (Lipinski definition) is 1. The molecule has 0 unspecified atom stereocenters. The van der Waals surface area contributed by atoms with Crippen molar-refractivity contribution < 1.29 is 14.4 Å². The van der Waals surface area contributed by atoms with E-state index in [1.807, 2.05) is 41.3 Å². The fourth-order valence-electron chi connectivity index (χ4n) is 3.05. The van der Waals surface area contributed by atoms with Crippen molar-refractivity contribution in [2.45, 2.75) is 6.54 Å². The molecular weight excluding hydrogens is 324 g/mol. The van der Waals surface area contributed by atoms with Crippen LogP contribution in [0.3, 0.4) is 0 Å². The number of methoxy groups -OCH3 is 1. The molecule has 0 saturated carbocycles. The molecule has 4 nitrogen and oxygen atoms in total. The number of amides is 1. The molecule has 0 radical (unpaired) electrons. The van der Waals surface area contributed by atoms with Crippen molar-refractivity contribution in [3.05, 3.63) is 64.7 Å². The minimum absolute atomic E-state index is 0.0747. The Morgan fingerprint density at radius 2 is 1.92 bits per heavy atom. The highest BCUT2D eigenvalue weighted by atomic mass is 35.5. The van der Waals surface area contributed by atoms with Crippen LogP contribution in [0.5, 0.6) is 5.75 Å². The van der Waals surface area contributed by atoms with E-state index < -0.39 is 0 Å². The summed E-state index contributed by atoms with van der Waals surface area (Å²) in [5.41, 5.74) is 1.85. The third kappa shape index (κ3) is 3.89. The topological polar surface area (TPSA) is 34.0 Å². The van der Waals surface area contributed by atoms with Gasteiger partial charge in [0.1, 0.15) is 12.3 Å². The van der Waals surface area contributed by atoms with Gasteiger partial charge in [0.05, 0.1) is 33.3 Å². The van der Waals surface area contributed by atoms with E-state index in [0.29, 0.717) is 11.3 Å². The Morgan fingerprint density at radius 1 is 1.17 bits per heavy atom. The maximum absolute atomic E-state index is 12.6. The van der Waals surface area contributed by atoms with Crippen LogP contribution < -0.4 is 9.64 Å². The molecular formula is C19H22ClN2O2+. The first-order chi connectivity index (χ1) is 11.7. The van der Waals surface area contributed by atoms with E-state index in [0.717, 1.165) is 37.7 Å². The molecule has 5 heteroatoms. The zero-order chi connectivity index (χ0) is 16.9. The van der Waals surface area contributed by atoms with E-state index in [2.05, 4.69) is 6.07 Å². The summed E-state index contributed by atoms with van der Waals surface area (Å²) in [6.45, 7) is 4.29. The van der Waals surface area contributed by atoms with Gasteiger partial charge in [0.2, 0.25) is 0 Å². The van der Waals surface area contributed by atoms with Gasteiger partial charge in [-0.3, -0.25) is 4.79 Å². The van der Waals surface area contributed by atoms with Gasteiger partial charge in [-0.25, -0.2) is 0 Å². The Hall–Kier alpha value is -2.04. The quantitative estimate of drug-likeness (QED) is 0.918. The summed E-state index contributed by atoms with van der Waals surface area (Å²) in [7, 11) is 1.61. The summed E-state index contributed by atoms with van der Waals surface area (Å²) >= 11 is 6.24. The smallest absolute Gasteiger partial charge is 0.254 e. The molecule has 1 fully saturated rings. The van der Waals surface area contributed by atoms with Gasteiger partial charge >= 0.3 is 0 Å². The Balaban J connectivity index is 1.58. The molecule has 1 aliphatic heterocycles. The second-order valence-electron chi connectivity index (χ2n) is 6.04. The Kier molecular flexibility index (Phi) is 5.38. The summed E-state index contributed by atoms with van der Waals surface area (Å²) < 4.78 is 5.20. The molecule has 1 heterocycles. The van der Waals surface area contributed by atoms with Gasteiger partial charge in [-0.2, -0.15) is 0 Å². The number of quaternary nitrogens is 1. The third-order valence-corrected chi connectivity index (χ3v) is 4.84. The lowest BCUT2D eigenvalue weighted by Gasteiger charge is -2.32. The number of halogens is 1. The number of nitrogens with zero attached hydrogens (tertiary/aromatic N) is 1. The van der Waals surface area contributed by atoms with Crippen molar-refractivity contribution in [3.63, 3.8) is 0 Å². The Labute approximate surface area is 147 Å². The van der Waals surface area contributed by atoms with Crippen LogP contribution in [-0.4, -0.2) is 44.1 Å². The summed E-state index contributed by atoms with van der Waals surface area (Å²) in [4.78, 5) is 16.0. The van der Waals surface area contributed by atoms with Gasteiger partial charge in [0.25, 0.3) is 5.91 Å². The predicted octanol–water partition coefficient (Wildman–Crippen LogP) is 1.89. The van der Waals surface area contributed by atoms with Crippen LogP contribution in [-0.2, 0) is 6.54 Å². The van der Waals surface area contributed by atoms with Crippen molar-refractivity contribution in [1.82, 2.24) is 4.90 Å². The first-order valence-corrected chi connectivity index (χ1v) is 8.55. The van der Waals surface area contributed by atoms with E-state index in [4.69, 9.17) is 16.3 Å². The van der Waals surface area contributed by atoms with Crippen LogP contribution in [0.15, 0.2) is 48.5 Å². The number of nitrogens with one attached hydrogen (secondary N) is 1. The second kappa shape index (κ2) is 7.69. The molecule has 0 aromatic heterocycles. The van der Waals surface area contributed by atoms with Gasteiger partial charge in [0, 0.05) is 16.1 Å². The number of piperazine rings is 1. The maximum atomic E-state index is 12.6. The number of hydrogen-bond acceptors (Lipinski definition) is 2. The van der Waals surface area contributed by atoms with Crippen LogP contribution in [0.1, 0.15) is 15.9 Å². The standard InChI is InChI=1S/C19H21ClN2O2/c1-24-17-7-4-6-15(13-17)19(23)22-11-9-21(10-12-22)14-16-5-2-3-8-18(16)20/h2-8,13H,9-12,14H2,1H3/p+1. The number of carbonyl (C=O) groups is 1. The van der Waals surface area contributed by atoms with E-state index in [-0.39, 0.29) is 5.91 Å². The van der Waals surface area contributed by atoms with Crippen molar-refractivity contribution in [2.24, 2.45) is 0 Å². The fourth-order valence-corrected chi connectivity index (χ4v) is 3.26. The monoisotopic (exact) mass is 345 g/mol. The maximum Gasteiger partial charge on any atom is 0.254 e. The molecule has 2 aromatic rings. The highest BCUT2D eigenvalue weighted by Gasteiger charge is 2.25. The first-order valence-electron chi connectivity index (χ1n) is 8.17. The van der Waals surface area contributed by atoms with Crippen molar-refractivity contribution in [1.29, 1.82) is 0 Å². The Bertz CT molecular complexity index is 712. The number of benzene rings is 2. The average Bonchev–Trinajstić information content (AvgIpc) is 2.64. The third-order valence-electron chi connectivity index (χ3n) is 4.47. The predicted molar refractivity (Wildman–Crippen MR) is 94.8 cm³/mol. The van der Waals surface area contributed by atoms with E-state index in [1.165, 1.54) is 10.5 Å². The lowest BCUT2D eigenvalue weighted by Crippen LogP contribution is -3.13. The normalized spacial score (nSPS) is 15.3.